The monoisotopic (exact) mass is 403 g/mol. The molecule has 2 amide bonds. The average Bonchev–Trinajstić information content (AvgIpc) is 3.27. The van der Waals surface area contributed by atoms with Crippen LogP contribution in [0.5, 0.6) is 11.5 Å². The smallest absolute Gasteiger partial charge is 0.314 e. The van der Waals surface area contributed by atoms with Crippen LogP contribution in [0, 0.1) is 0 Å². The molecule has 0 radical (unpaired) electrons. The van der Waals surface area contributed by atoms with Crippen LogP contribution < -0.4 is 24.4 Å². The summed E-state index contributed by atoms with van der Waals surface area (Å²) in [6, 6.07) is 11.2. The number of nitrogens with one attached hydrogen (secondary N) is 2. The van der Waals surface area contributed by atoms with Crippen LogP contribution in [0.25, 0.3) is 0 Å². The number of ether oxygens (including phenoxy) is 2. The fraction of sp³-hybridized carbons (Fsp3) is 0.222. The molecular formula is C18H17N3O6S. The maximum absolute atomic E-state index is 12.2. The van der Waals surface area contributed by atoms with Crippen molar-refractivity contribution in [1.82, 2.24) is 0 Å². The lowest BCUT2D eigenvalue weighted by Gasteiger charge is -2.17. The van der Waals surface area contributed by atoms with E-state index in [0.29, 0.717) is 41.5 Å². The van der Waals surface area contributed by atoms with Crippen LogP contribution in [0.3, 0.4) is 0 Å². The zero-order valence-electron chi connectivity index (χ0n) is 14.7. The van der Waals surface area contributed by atoms with Gasteiger partial charge in [-0.05, 0) is 36.8 Å². The molecule has 0 aromatic heterocycles. The predicted molar refractivity (Wildman–Crippen MR) is 102 cm³/mol. The van der Waals surface area contributed by atoms with E-state index in [1.807, 2.05) is 0 Å². The van der Waals surface area contributed by atoms with Crippen molar-refractivity contribution in [2.24, 2.45) is 0 Å². The van der Waals surface area contributed by atoms with Gasteiger partial charge >= 0.3 is 11.8 Å². The minimum atomic E-state index is -3.33. The molecule has 0 unspecified atom stereocenters. The number of carbonyl (C=O) groups is 2. The van der Waals surface area contributed by atoms with E-state index in [9.17, 15) is 18.0 Å². The van der Waals surface area contributed by atoms with Gasteiger partial charge in [-0.2, -0.15) is 0 Å². The van der Waals surface area contributed by atoms with Gasteiger partial charge in [-0.25, -0.2) is 8.42 Å². The number of fused-ring (bicyclic) bond motifs is 1. The van der Waals surface area contributed by atoms with Crippen molar-refractivity contribution in [3.63, 3.8) is 0 Å². The van der Waals surface area contributed by atoms with E-state index in [1.54, 1.807) is 36.4 Å². The quantitative estimate of drug-likeness (QED) is 0.752. The largest absolute Gasteiger partial charge is 0.454 e. The second kappa shape index (κ2) is 7.04. The zero-order valence-corrected chi connectivity index (χ0v) is 15.5. The van der Waals surface area contributed by atoms with E-state index in [1.165, 1.54) is 10.4 Å². The molecule has 9 nitrogen and oxygen atoms in total. The summed E-state index contributed by atoms with van der Waals surface area (Å²) in [6.07, 6.45) is 0.552. The van der Waals surface area contributed by atoms with Gasteiger partial charge in [-0.1, -0.05) is 6.07 Å². The highest BCUT2D eigenvalue weighted by Crippen LogP contribution is 2.34. The summed E-state index contributed by atoms with van der Waals surface area (Å²) in [5, 5.41) is 4.96. The van der Waals surface area contributed by atoms with Crippen LogP contribution in [0.4, 0.5) is 17.1 Å². The summed E-state index contributed by atoms with van der Waals surface area (Å²) in [5.74, 6) is -0.590. The number of amides is 2. The third-order valence-electron chi connectivity index (χ3n) is 4.33. The van der Waals surface area contributed by atoms with Crippen LogP contribution in [-0.2, 0) is 19.6 Å². The first kappa shape index (κ1) is 18.1. The van der Waals surface area contributed by atoms with Gasteiger partial charge in [0.15, 0.2) is 11.5 Å². The molecule has 2 heterocycles. The summed E-state index contributed by atoms with van der Waals surface area (Å²) in [7, 11) is -3.33. The molecule has 1 fully saturated rings. The van der Waals surface area contributed by atoms with Crippen molar-refractivity contribution in [1.29, 1.82) is 0 Å². The Hall–Kier alpha value is -3.27. The summed E-state index contributed by atoms with van der Waals surface area (Å²) in [5.41, 5.74) is 1.17. The van der Waals surface area contributed by atoms with E-state index in [0.717, 1.165) is 0 Å². The molecule has 0 saturated carbocycles. The van der Waals surface area contributed by atoms with Crippen molar-refractivity contribution in [3.8, 4) is 11.5 Å². The van der Waals surface area contributed by atoms with Gasteiger partial charge < -0.3 is 20.1 Å². The number of hydrogen-bond donors (Lipinski definition) is 2. The summed E-state index contributed by atoms with van der Waals surface area (Å²) >= 11 is 0. The third kappa shape index (κ3) is 3.58. The Balaban J connectivity index is 1.43. The second-order valence-corrected chi connectivity index (χ2v) is 8.28. The van der Waals surface area contributed by atoms with Gasteiger partial charge in [0.25, 0.3) is 0 Å². The summed E-state index contributed by atoms with van der Waals surface area (Å²) in [4.78, 5) is 24.4. The maximum atomic E-state index is 12.2. The lowest BCUT2D eigenvalue weighted by Crippen LogP contribution is -2.29. The van der Waals surface area contributed by atoms with Crippen LogP contribution in [-0.4, -0.2) is 39.3 Å². The molecule has 0 atom stereocenters. The lowest BCUT2D eigenvalue weighted by atomic mass is 10.2. The van der Waals surface area contributed by atoms with Gasteiger partial charge in [0.05, 0.1) is 11.4 Å². The molecule has 2 aromatic carbocycles. The molecule has 146 valence electrons. The molecule has 10 heteroatoms. The molecule has 0 spiro atoms. The fourth-order valence-corrected chi connectivity index (χ4v) is 4.57. The molecule has 4 rings (SSSR count). The molecule has 2 N–H and O–H groups in total. The van der Waals surface area contributed by atoms with Crippen molar-refractivity contribution in [2.75, 3.05) is 34.0 Å². The average molecular weight is 403 g/mol. The Kier molecular flexibility index (Phi) is 4.55. The summed E-state index contributed by atoms with van der Waals surface area (Å²) in [6.45, 7) is 0.501. The first-order valence-corrected chi connectivity index (χ1v) is 10.2. The number of hydrogen-bond acceptors (Lipinski definition) is 6. The van der Waals surface area contributed by atoms with E-state index in [4.69, 9.17) is 9.47 Å². The normalized spacial score (nSPS) is 16.6. The van der Waals surface area contributed by atoms with Crippen molar-refractivity contribution in [2.45, 2.75) is 6.42 Å². The Morgan fingerprint density at radius 3 is 2.36 bits per heavy atom. The highest BCUT2D eigenvalue weighted by molar-refractivity contribution is 7.93. The Morgan fingerprint density at radius 2 is 1.64 bits per heavy atom. The van der Waals surface area contributed by atoms with Gasteiger partial charge in [-0.15, -0.1) is 0 Å². The van der Waals surface area contributed by atoms with Gasteiger partial charge in [-0.3, -0.25) is 13.9 Å². The number of sulfonamides is 1. The Labute approximate surface area is 161 Å². The van der Waals surface area contributed by atoms with Crippen molar-refractivity contribution >= 4 is 38.9 Å². The number of benzene rings is 2. The first-order valence-electron chi connectivity index (χ1n) is 8.55. The van der Waals surface area contributed by atoms with Crippen LogP contribution >= 0.6 is 0 Å². The molecule has 2 aliphatic heterocycles. The van der Waals surface area contributed by atoms with Crippen molar-refractivity contribution < 1.29 is 27.5 Å². The SMILES string of the molecule is O=C(Nc1cccc(N2CCCS2(=O)=O)c1)C(=O)Nc1ccc2c(c1)OCO2. The molecule has 2 aliphatic rings. The molecule has 28 heavy (non-hydrogen) atoms. The lowest BCUT2D eigenvalue weighted by molar-refractivity contribution is -0.132. The number of carbonyl (C=O) groups excluding carboxylic acids is 2. The molecule has 2 aromatic rings. The molecule has 1 saturated heterocycles. The van der Waals surface area contributed by atoms with Crippen LogP contribution in [0.1, 0.15) is 6.42 Å². The summed E-state index contributed by atoms with van der Waals surface area (Å²) < 4.78 is 35.8. The van der Waals surface area contributed by atoms with E-state index >= 15 is 0 Å². The Morgan fingerprint density at radius 1 is 0.929 bits per heavy atom. The Bertz CT molecular complexity index is 1050. The first-order chi connectivity index (χ1) is 13.4. The number of rotatable bonds is 3. The number of nitrogens with zero attached hydrogens (tertiary/aromatic N) is 1. The topological polar surface area (TPSA) is 114 Å². The zero-order chi connectivity index (χ0) is 19.7. The van der Waals surface area contributed by atoms with E-state index in [-0.39, 0.29) is 12.5 Å². The van der Waals surface area contributed by atoms with E-state index < -0.39 is 21.8 Å². The molecule has 0 bridgehead atoms. The minimum Gasteiger partial charge on any atom is -0.454 e. The molecule has 0 aliphatic carbocycles. The second-order valence-electron chi connectivity index (χ2n) is 6.27. The fourth-order valence-electron chi connectivity index (χ4n) is 3.02. The van der Waals surface area contributed by atoms with Crippen LogP contribution in [0.2, 0.25) is 0 Å². The van der Waals surface area contributed by atoms with Crippen LogP contribution in [0.15, 0.2) is 42.5 Å². The minimum absolute atomic E-state index is 0.0987. The van der Waals surface area contributed by atoms with Gasteiger partial charge in [0, 0.05) is 24.0 Å². The third-order valence-corrected chi connectivity index (χ3v) is 6.20. The number of anilines is 3. The highest BCUT2D eigenvalue weighted by Gasteiger charge is 2.28. The standard InChI is InChI=1S/C18H17N3O6S/c22-17(18(23)20-13-5-6-15-16(10-13)27-11-26-15)19-12-3-1-4-14(9-12)21-7-2-8-28(21,24)25/h1,3-6,9-10H,2,7-8,11H2,(H,19,22)(H,20,23). The maximum Gasteiger partial charge on any atom is 0.314 e. The highest BCUT2D eigenvalue weighted by atomic mass is 32.2. The molecular weight excluding hydrogens is 386 g/mol. The van der Waals surface area contributed by atoms with Crippen molar-refractivity contribution in [3.05, 3.63) is 42.5 Å². The predicted octanol–water partition coefficient (Wildman–Crippen LogP) is 1.53. The van der Waals surface area contributed by atoms with Gasteiger partial charge in [0.2, 0.25) is 16.8 Å². The van der Waals surface area contributed by atoms with Gasteiger partial charge in [0.1, 0.15) is 0 Å². The van der Waals surface area contributed by atoms with E-state index in [2.05, 4.69) is 10.6 Å².